The molecule has 6 nitrogen and oxygen atoms in total. The average Bonchev–Trinajstić information content (AvgIpc) is 2.67. The van der Waals surface area contributed by atoms with Crippen LogP contribution in [0.5, 0.6) is 0 Å². The van der Waals surface area contributed by atoms with Crippen molar-refractivity contribution >= 4 is 17.4 Å². The Balaban J connectivity index is 1.98. The van der Waals surface area contributed by atoms with Crippen LogP contribution in [0, 0.1) is 0 Å². The molecular formula is C7H7ClN6. The summed E-state index contributed by atoms with van der Waals surface area (Å²) in [5, 5.41) is 16.8. The van der Waals surface area contributed by atoms with Gasteiger partial charge >= 0.3 is 0 Å². The first-order valence-electron chi connectivity index (χ1n) is 3.93. The third-order valence-corrected chi connectivity index (χ3v) is 1.74. The van der Waals surface area contributed by atoms with Gasteiger partial charge in [-0.2, -0.15) is 5.21 Å². The molecule has 0 atom stereocenters. The third kappa shape index (κ3) is 2.17. The second-order valence-corrected chi connectivity index (χ2v) is 2.91. The van der Waals surface area contributed by atoms with Crippen LogP contribution >= 0.6 is 11.6 Å². The lowest BCUT2D eigenvalue weighted by Crippen LogP contribution is -2.02. The number of hydrogen-bond acceptors (Lipinski definition) is 5. The summed E-state index contributed by atoms with van der Waals surface area (Å²) in [5.41, 5.74) is 0. The monoisotopic (exact) mass is 210 g/mol. The number of H-pyrrole nitrogens is 1. The lowest BCUT2D eigenvalue weighted by Gasteiger charge is -2.01. The van der Waals surface area contributed by atoms with Gasteiger partial charge in [0.2, 0.25) is 0 Å². The zero-order valence-corrected chi connectivity index (χ0v) is 7.86. The lowest BCUT2D eigenvalue weighted by molar-refractivity contribution is 0.881. The highest BCUT2D eigenvalue weighted by Gasteiger charge is 1.98. The van der Waals surface area contributed by atoms with Gasteiger partial charge in [-0.3, -0.25) is 0 Å². The van der Waals surface area contributed by atoms with E-state index in [9.17, 15) is 0 Å². The van der Waals surface area contributed by atoms with Crippen molar-refractivity contribution in [1.82, 2.24) is 25.6 Å². The number of nitrogens with zero attached hydrogens (tertiary/aromatic N) is 4. The molecule has 0 aliphatic heterocycles. The number of nitrogens with one attached hydrogen (secondary N) is 2. The van der Waals surface area contributed by atoms with Crippen LogP contribution in [0.25, 0.3) is 0 Å². The van der Waals surface area contributed by atoms with Gasteiger partial charge in [0.15, 0.2) is 5.82 Å². The van der Waals surface area contributed by atoms with Crippen molar-refractivity contribution in [1.29, 1.82) is 0 Å². The largest absolute Gasteiger partial charge is 0.363 e. The predicted molar refractivity (Wildman–Crippen MR) is 50.8 cm³/mol. The number of halogens is 1. The minimum atomic E-state index is 0.447. The smallest absolute Gasteiger partial charge is 0.193 e. The van der Waals surface area contributed by atoms with Gasteiger partial charge in [-0.15, -0.1) is 10.2 Å². The Morgan fingerprint density at radius 1 is 1.43 bits per heavy atom. The van der Waals surface area contributed by atoms with Crippen LogP contribution in [-0.4, -0.2) is 25.6 Å². The van der Waals surface area contributed by atoms with Gasteiger partial charge in [0.25, 0.3) is 0 Å². The van der Waals surface area contributed by atoms with Crippen LogP contribution < -0.4 is 5.32 Å². The number of aromatic amines is 1. The van der Waals surface area contributed by atoms with Crippen LogP contribution in [0.4, 0.5) is 5.82 Å². The maximum Gasteiger partial charge on any atom is 0.193 e. The molecule has 0 bridgehead atoms. The van der Waals surface area contributed by atoms with Crippen LogP contribution in [0.1, 0.15) is 5.82 Å². The Kier molecular flexibility index (Phi) is 2.55. The van der Waals surface area contributed by atoms with E-state index in [2.05, 4.69) is 30.9 Å². The molecule has 2 aromatic rings. The van der Waals surface area contributed by atoms with Crippen molar-refractivity contribution in [2.24, 2.45) is 0 Å². The van der Waals surface area contributed by atoms with Crippen molar-refractivity contribution in [3.8, 4) is 0 Å². The van der Waals surface area contributed by atoms with Crippen molar-refractivity contribution in [2.45, 2.75) is 6.54 Å². The normalized spacial score (nSPS) is 10.1. The summed E-state index contributed by atoms with van der Waals surface area (Å²) in [5.74, 6) is 1.26. The summed E-state index contributed by atoms with van der Waals surface area (Å²) in [6.45, 7) is 0.462. The molecule has 2 aromatic heterocycles. The summed E-state index contributed by atoms with van der Waals surface area (Å²) in [4.78, 5) is 4.04. The first kappa shape index (κ1) is 8.89. The molecule has 2 rings (SSSR count). The first-order valence-corrected chi connectivity index (χ1v) is 4.31. The number of anilines is 1. The molecular weight excluding hydrogens is 204 g/mol. The summed E-state index contributed by atoms with van der Waals surface area (Å²) >= 11 is 5.70. The van der Waals surface area contributed by atoms with Crippen LogP contribution in [0.2, 0.25) is 5.15 Å². The van der Waals surface area contributed by atoms with Gasteiger partial charge < -0.3 is 5.32 Å². The molecule has 72 valence electrons. The molecule has 0 fully saturated rings. The fraction of sp³-hybridized carbons (Fsp3) is 0.143. The molecule has 14 heavy (non-hydrogen) atoms. The second kappa shape index (κ2) is 4.01. The van der Waals surface area contributed by atoms with Gasteiger partial charge in [-0.05, 0) is 12.1 Å². The number of pyridine rings is 1. The average molecular weight is 211 g/mol. The molecule has 0 aliphatic rings. The van der Waals surface area contributed by atoms with Gasteiger partial charge in [0.05, 0.1) is 6.54 Å². The molecule has 0 unspecified atom stereocenters. The van der Waals surface area contributed by atoms with E-state index in [0.29, 0.717) is 23.3 Å². The van der Waals surface area contributed by atoms with E-state index in [1.165, 1.54) is 0 Å². The first-order chi connectivity index (χ1) is 6.84. The van der Waals surface area contributed by atoms with Gasteiger partial charge in [-0.1, -0.05) is 22.9 Å². The van der Waals surface area contributed by atoms with Crippen LogP contribution in [-0.2, 0) is 6.54 Å². The zero-order valence-electron chi connectivity index (χ0n) is 7.11. The molecule has 0 radical (unpaired) electrons. The van der Waals surface area contributed by atoms with E-state index in [4.69, 9.17) is 11.6 Å². The number of hydrogen-bond donors (Lipinski definition) is 2. The zero-order chi connectivity index (χ0) is 9.80. The SMILES string of the molecule is Clc1cccc(NCc2nn[nH]n2)n1. The summed E-state index contributed by atoms with van der Waals surface area (Å²) in [6.07, 6.45) is 0. The fourth-order valence-electron chi connectivity index (χ4n) is 0.934. The predicted octanol–water partition coefficient (Wildman–Crippen LogP) is 0.860. The minimum Gasteiger partial charge on any atom is -0.363 e. The Bertz CT molecular complexity index is 400. The van der Waals surface area contributed by atoms with Crippen molar-refractivity contribution in [3.05, 3.63) is 29.2 Å². The van der Waals surface area contributed by atoms with E-state index in [-0.39, 0.29) is 0 Å². The highest BCUT2D eigenvalue weighted by atomic mass is 35.5. The molecule has 0 spiro atoms. The Morgan fingerprint density at radius 3 is 3.07 bits per heavy atom. The Labute approximate surface area is 84.7 Å². The molecule has 0 saturated heterocycles. The molecule has 0 amide bonds. The fourth-order valence-corrected chi connectivity index (χ4v) is 1.10. The second-order valence-electron chi connectivity index (χ2n) is 2.53. The summed E-state index contributed by atoms with van der Waals surface area (Å²) < 4.78 is 0. The molecule has 0 aromatic carbocycles. The molecule has 2 N–H and O–H groups in total. The summed E-state index contributed by atoms with van der Waals surface area (Å²) in [6, 6.07) is 5.33. The van der Waals surface area contributed by atoms with E-state index in [0.717, 1.165) is 0 Å². The Morgan fingerprint density at radius 2 is 2.36 bits per heavy atom. The van der Waals surface area contributed by atoms with Crippen molar-refractivity contribution < 1.29 is 0 Å². The van der Waals surface area contributed by atoms with E-state index in [1.807, 2.05) is 12.1 Å². The highest BCUT2D eigenvalue weighted by Crippen LogP contribution is 2.09. The van der Waals surface area contributed by atoms with Crippen molar-refractivity contribution in [3.63, 3.8) is 0 Å². The molecule has 2 heterocycles. The van der Waals surface area contributed by atoms with E-state index < -0.39 is 0 Å². The molecule has 0 saturated carbocycles. The quantitative estimate of drug-likeness (QED) is 0.735. The van der Waals surface area contributed by atoms with Gasteiger partial charge in [-0.25, -0.2) is 4.98 Å². The standard InChI is InChI=1S/C7H7ClN6/c8-5-2-1-3-6(10-5)9-4-7-11-13-14-12-7/h1-3H,4H2,(H,9,10)(H,11,12,13,14). The Hall–Kier alpha value is -1.69. The maximum absolute atomic E-state index is 5.70. The van der Waals surface area contributed by atoms with E-state index >= 15 is 0 Å². The number of rotatable bonds is 3. The summed E-state index contributed by atoms with van der Waals surface area (Å²) in [7, 11) is 0. The maximum atomic E-state index is 5.70. The van der Waals surface area contributed by atoms with Gasteiger partial charge in [0.1, 0.15) is 11.0 Å². The number of aromatic nitrogens is 5. The van der Waals surface area contributed by atoms with Crippen molar-refractivity contribution in [2.75, 3.05) is 5.32 Å². The van der Waals surface area contributed by atoms with Gasteiger partial charge in [0, 0.05) is 0 Å². The third-order valence-electron chi connectivity index (χ3n) is 1.53. The molecule has 7 heteroatoms. The molecule has 0 aliphatic carbocycles. The number of tetrazole rings is 1. The minimum absolute atomic E-state index is 0.447. The topological polar surface area (TPSA) is 79.4 Å². The van der Waals surface area contributed by atoms with Crippen LogP contribution in [0.3, 0.4) is 0 Å². The van der Waals surface area contributed by atoms with E-state index in [1.54, 1.807) is 6.07 Å². The lowest BCUT2D eigenvalue weighted by atomic mass is 10.4. The highest BCUT2D eigenvalue weighted by molar-refractivity contribution is 6.29. The van der Waals surface area contributed by atoms with Crippen LogP contribution in [0.15, 0.2) is 18.2 Å².